The number of nitrogens with one attached hydrogen (secondary N) is 2. The fourth-order valence-electron chi connectivity index (χ4n) is 2.54. The molecule has 0 bridgehead atoms. The molecule has 2 aromatic carbocycles. The van der Waals surface area contributed by atoms with Crippen molar-refractivity contribution in [2.45, 2.75) is 13.5 Å². The number of carbonyl (C=O) groups excluding carboxylic acids is 1. The highest BCUT2D eigenvalue weighted by Gasteiger charge is 2.08. The molecule has 0 saturated heterocycles. The van der Waals surface area contributed by atoms with E-state index >= 15 is 0 Å². The molecule has 0 aromatic heterocycles. The lowest BCUT2D eigenvalue weighted by atomic mass is 10.1. The van der Waals surface area contributed by atoms with Gasteiger partial charge in [0.05, 0.1) is 0 Å². The van der Waals surface area contributed by atoms with E-state index in [1.54, 1.807) is 19.2 Å². The molecule has 1 amide bonds. The Morgan fingerprint density at radius 3 is 2.27 bits per heavy atom. The maximum atomic E-state index is 12.0. The van der Waals surface area contributed by atoms with E-state index in [1.165, 1.54) is 11.1 Å². The van der Waals surface area contributed by atoms with Crippen LogP contribution in [0.4, 0.5) is 0 Å². The molecule has 0 atom stereocenters. The van der Waals surface area contributed by atoms with Gasteiger partial charge >= 0.3 is 0 Å². The number of aliphatic imine (C=N–C) groups is 1. The van der Waals surface area contributed by atoms with Gasteiger partial charge in [0.25, 0.3) is 5.91 Å². The van der Waals surface area contributed by atoms with Crippen LogP contribution in [0, 0.1) is 6.92 Å². The Labute approximate surface area is 172 Å². The summed E-state index contributed by atoms with van der Waals surface area (Å²) < 4.78 is 0. The molecule has 0 spiro atoms. The molecule has 5 nitrogen and oxygen atoms in total. The average molecular weight is 466 g/mol. The molecule has 0 fully saturated rings. The number of aryl methyl sites for hydroxylation is 1. The van der Waals surface area contributed by atoms with Crippen LogP contribution in [0.5, 0.6) is 0 Å². The molecular weight excluding hydrogens is 439 g/mol. The maximum absolute atomic E-state index is 12.0. The molecule has 0 aliphatic rings. The first-order valence-electron chi connectivity index (χ1n) is 8.41. The summed E-state index contributed by atoms with van der Waals surface area (Å²) >= 11 is 0. The highest BCUT2D eigenvalue weighted by atomic mass is 127. The molecule has 6 heteroatoms. The molecule has 0 aliphatic heterocycles. The first kappa shape index (κ1) is 22.0. The predicted molar refractivity (Wildman–Crippen MR) is 118 cm³/mol. The van der Waals surface area contributed by atoms with Crippen LogP contribution in [0.25, 0.3) is 0 Å². The molecule has 26 heavy (non-hydrogen) atoms. The largest absolute Gasteiger partial charge is 0.354 e. The fourth-order valence-corrected chi connectivity index (χ4v) is 2.54. The van der Waals surface area contributed by atoms with Gasteiger partial charge in [-0.2, -0.15) is 0 Å². The minimum absolute atomic E-state index is 0. The number of carbonyl (C=O) groups is 1. The molecule has 0 aliphatic carbocycles. The van der Waals surface area contributed by atoms with Crippen LogP contribution < -0.4 is 10.6 Å². The highest BCUT2D eigenvalue weighted by Crippen LogP contribution is 2.09. The smallest absolute Gasteiger partial charge is 0.251 e. The zero-order valence-corrected chi connectivity index (χ0v) is 17.9. The van der Waals surface area contributed by atoms with Crippen molar-refractivity contribution in [3.8, 4) is 0 Å². The topological polar surface area (TPSA) is 56.7 Å². The second-order valence-electron chi connectivity index (χ2n) is 5.88. The van der Waals surface area contributed by atoms with Crippen molar-refractivity contribution in [3.05, 3.63) is 71.3 Å². The minimum Gasteiger partial charge on any atom is -0.354 e. The number of hydrogen-bond acceptors (Lipinski definition) is 2. The van der Waals surface area contributed by atoms with E-state index < -0.39 is 0 Å². The zero-order chi connectivity index (χ0) is 18.1. The summed E-state index contributed by atoms with van der Waals surface area (Å²) in [5, 5.41) is 6.18. The number of guanidine groups is 1. The third-order valence-corrected chi connectivity index (χ3v) is 3.97. The molecule has 2 rings (SSSR count). The number of halogens is 1. The van der Waals surface area contributed by atoms with E-state index in [2.05, 4.69) is 39.6 Å². The number of amides is 1. The molecule has 0 unspecified atom stereocenters. The van der Waals surface area contributed by atoms with E-state index in [-0.39, 0.29) is 29.9 Å². The average Bonchev–Trinajstić information content (AvgIpc) is 2.64. The standard InChI is InChI=1S/C20H26N4O.HI/c1-16-9-7-8-12-18(16)15-24(3)20(21-2)23-14-13-22-19(25)17-10-5-4-6-11-17;/h4-12H,13-15H2,1-3H3,(H,21,23)(H,22,25);1H. The Hall–Kier alpha value is -2.09. The van der Waals surface area contributed by atoms with Crippen molar-refractivity contribution in [1.82, 2.24) is 15.5 Å². The lowest BCUT2D eigenvalue weighted by Crippen LogP contribution is -2.42. The molecule has 2 N–H and O–H groups in total. The molecule has 0 heterocycles. The Bertz CT molecular complexity index is 719. The van der Waals surface area contributed by atoms with Crippen molar-refractivity contribution in [1.29, 1.82) is 0 Å². The van der Waals surface area contributed by atoms with Crippen LogP contribution in [0.3, 0.4) is 0 Å². The van der Waals surface area contributed by atoms with Gasteiger partial charge in [0.2, 0.25) is 0 Å². The maximum Gasteiger partial charge on any atom is 0.251 e. The van der Waals surface area contributed by atoms with Gasteiger partial charge in [-0.25, -0.2) is 0 Å². The Kier molecular flexibility index (Phi) is 9.72. The van der Waals surface area contributed by atoms with Crippen LogP contribution in [0.15, 0.2) is 59.6 Å². The first-order valence-corrected chi connectivity index (χ1v) is 8.41. The minimum atomic E-state index is -0.0642. The second kappa shape index (κ2) is 11.5. The van der Waals surface area contributed by atoms with E-state index in [1.807, 2.05) is 37.4 Å². The van der Waals surface area contributed by atoms with Gasteiger partial charge in [-0.05, 0) is 30.2 Å². The third-order valence-electron chi connectivity index (χ3n) is 3.97. The number of hydrogen-bond donors (Lipinski definition) is 2. The normalized spacial score (nSPS) is 10.7. The Balaban J connectivity index is 0.00000338. The summed E-state index contributed by atoms with van der Waals surface area (Å²) in [5.41, 5.74) is 3.20. The summed E-state index contributed by atoms with van der Waals surface area (Å²) in [4.78, 5) is 18.4. The van der Waals surface area contributed by atoms with Crippen molar-refractivity contribution in [3.63, 3.8) is 0 Å². The van der Waals surface area contributed by atoms with Gasteiger partial charge in [-0.3, -0.25) is 9.79 Å². The van der Waals surface area contributed by atoms with Gasteiger partial charge in [-0.1, -0.05) is 42.5 Å². The van der Waals surface area contributed by atoms with Crippen LogP contribution in [-0.2, 0) is 6.54 Å². The summed E-state index contributed by atoms with van der Waals surface area (Å²) in [5.74, 6) is 0.739. The monoisotopic (exact) mass is 466 g/mol. The van der Waals surface area contributed by atoms with E-state index in [4.69, 9.17) is 0 Å². The third kappa shape index (κ3) is 6.67. The Morgan fingerprint density at radius 1 is 1.00 bits per heavy atom. The van der Waals surface area contributed by atoms with E-state index in [0.29, 0.717) is 18.7 Å². The van der Waals surface area contributed by atoms with Gasteiger partial charge in [0, 0.05) is 39.3 Å². The molecule has 0 radical (unpaired) electrons. The highest BCUT2D eigenvalue weighted by molar-refractivity contribution is 14.0. The van der Waals surface area contributed by atoms with Crippen molar-refractivity contribution >= 4 is 35.8 Å². The van der Waals surface area contributed by atoms with Gasteiger partial charge < -0.3 is 15.5 Å². The summed E-state index contributed by atoms with van der Waals surface area (Å²) in [7, 11) is 3.77. The van der Waals surface area contributed by atoms with Crippen LogP contribution in [-0.4, -0.2) is 44.0 Å². The first-order chi connectivity index (χ1) is 12.1. The van der Waals surface area contributed by atoms with Crippen molar-refractivity contribution in [2.24, 2.45) is 4.99 Å². The van der Waals surface area contributed by atoms with Crippen molar-refractivity contribution < 1.29 is 4.79 Å². The molecule has 140 valence electrons. The molecule has 2 aromatic rings. The summed E-state index contributed by atoms with van der Waals surface area (Å²) in [6, 6.07) is 17.5. The Morgan fingerprint density at radius 2 is 1.62 bits per heavy atom. The van der Waals surface area contributed by atoms with Crippen molar-refractivity contribution in [2.75, 3.05) is 27.2 Å². The summed E-state index contributed by atoms with van der Waals surface area (Å²) in [6.45, 7) is 4.04. The van der Waals surface area contributed by atoms with E-state index in [0.717, 1.165) is 12.5 Å². The predicted octanol–water partition coefficient (Wildman–Crippen LogP) is 3.05. The quantitative estimate of drug-likeness (QED) is 0.298. The summed E-state index contributed by atoms with van der Waals surface area (Å²) in [6.07, 6.45) is 0. The van der Waals surface area contributed by atoms with Gasteiger partial charge in [-0.15, -0.1) is 24.0 Å². The van der Waals surface area contributed by atoms with Gasteiger partial charge in [0.15, 0.2) is 5.96 Å². The molecule has 0 saturated carbocycles. The number of benzene rings is 2. The van der Waals surface area contributed by atoms with Crippen LogP contribution in [0.2, 0.25) is 0 Å². The fraction of sp³-hybridized carbons (Fsp3) is 0.300. The van der Waals surface area contributed by atoms with E-state index in [9.17, 15) is 4.79 Å². The van der Waals surface area contributed by atoms with Crippen LogP contribution in [0.1, 0.15) is 21.5 Å². The lowest BCUT2D eigenvalue weighted by Gasteiger charge is -2.23. The lowest BCUT2D eigenvalue weighted by molar-refractivity contribution is 0.0954. The SMILES string of the molecule is CN=C(NCCNC(=O)c1ccccc1)N(C)Cc1ccccc1C.I. The number of rotatable bonds is 6. The van der Waals surface area contributed by atoms with Crippen LogP contribution >= 0.6 is 24.0 Å². The number of nitrogens with zero attached hydrogens (tertiary/aromatic N) is 2. The molecular formula is C20H27IN4O. The zero-order valence-electron chi connectivity index (χ0n) is 15.5. The van der Waals surface area contributed by atoms with Gasteiger partial charge in [0.1, 0.15) is 0 Å². The second-order valence-corrected chi connectivity index (χ2v) is 5.88.